The predicted octanol–water partition coefficient (Wildman–Crippen LogP) is 2.04. The highest BCUT2D eigenvalue weighted by molar-refractivity contribution is 5.94. The molecule has 27 heavy (non-hydrogen) atoms. The van der Waals surface area contributed by atoms with E-state index in [1.54, 1.807) is 33.6 Å². The molecule has 3 rings (SSSR count). The molecule has 1 aliphatic heterocycles. The van der Waals surface area contributed by atoms with Crippen molar-refractivity contribution in [1.29, 1.82) is 0 Å². The van der Waals surface area contributed by atoms with Gasteiger partial charge < -0.3 is 24.4 Å². The Morgan fingerprint density at radius 3 is 2.52 bits per heavy atom. The van der Waals surface area contributed by atoms with Crippen LogP contribution in [-0.2, 0) is 17.7 Å². The summed E-state index contributed by atoms with van der Waals surface area (Å²) in [7, 11) is 4.89. The Morgan fingerprint density at radius 1 is 1.15 bits per heavy atom. The molecular formula is C20H25N3O4. The van der Waals surface area contributed by atoms with Gasteiger partial charge in [-0.15, -0.1) is 0 Å². The zero-order valence-electron chi connectivity index (χ0n) is 15.9. The molecule has 144 valence electrons. The first-order valence-corrected chi connectivity index (χ1v) is 8.88. The van der Waals surface area contributed by atoms with Gasteiger partial charge in [-0.05, 0) is 41.8 Å². The second kappa shape index (κ2) is 8.73. The van der Waals surface area contributed by atoms with Crippen LogP contribution in [0, 0.1) is 0 Å². The van der Waals surface area contributed by atoms with Crippen LogP contribution < -0.4 is 19.7 Å². The number of carbonyl (C=O) groups is 1. The molecule has 0 aliphatic carbocycles. The number of amides is 1. The highest BCUT2D eigenvalue weighted by Gasteiger charge is 2.20. The van der Waals surface area contributed by atoms with Crippen LogP contribution in [0.4, 0.5) is 5.82 Å². The topological polar surface area (TPSA) is 72.9 Å². The van der Waals surface area contributed by atoms with Crippen molar-refractivity contribution < 1.29 is 19.0 Å². The summed E-state index contributed by atoms with van der Waals surface area (Å²) >= 11 is 0. The van der Waals surface area contributed by atoms with Gasteiger partial charge in [-0.2, -0.15) is 0 Å². The highest BCUT2D eigenvalue weighted by atomic mass is 16.5. The van der Waals surface area contributed by atoms with Gasteiger partial charge in [0, 0.05) is 32.9 Å². The van der Waals surface area contributed by atoms with Gasteiger partial charge in [0.25, 0.3) is 5.91 Å². The second-order valence-electron chi connectivity index (χ2n) is 6.30. The number of pyridine rings is 1. The van der Waals surface area contributed by atoms with Crippen LogP contribution in [-0.4, -0.2) is 51.9 Å². The van der Waals surface area contributed by atoms with Crippen molar-refractivity contribution in [1.82, 2.24) is 10.3 Å². The van der Waals surface area contributed by atoms with Crippen molar-refractivity contribution in [2.24, 2.45) is 0 Å². The minimum absolute atomic E-state index is 0.146. The number of anilines is 1. The first-order valence-electron chi connectivity index (χ1n) is 8.88. The van der Waals surface area contributed by atoms with Crippen molar-refractivity contribution in [3.63, 3.8) is 0 Å². The Bertz CT molecular complexity index is 793. The maximum absolute atomic E-state index is 12.1. The number of hydrogen-bond acceptors (Lipinski definition) is 6. The molecule has 1 aliphatic rings. The molecule has 0 saturated carbocycles. The predicted molar refractivity (Wildman–Crippen MR) is 103 cm³/mol. The smallest absolute Gasteiger partial charge is 0.252 e. The molecular weight excluding hydrogens is 346 g/mol. The molecule has 1 aromatic carbocycles. The van der Waals surface area contributed by atoms with E-state index in [9.17, 15) is 4.79 Å². The van der Waals surface area contributed by atoms with Gasteiger partial charge in [-0.1, -0.05) is 0 Å². The third-order valence-corrected chi connectivity index (χ3v) is 4.64. The molecule has 7 nitrogen and oxygen atoms in total. The summed E-state index contributed by atoms with van der Waals surface area (Å²) in [5.41, 5.74) is 3.00. The molecule has 2 heterocycles. The fourth-order valence-corrected chi connectivity index (χ4v) is 3.15. The number of nitrogens with one attached hydrogen (secondary N) is 1. The maximum Gasteiger partial charge on any atom is 0.252 e. The lowest BCUT2D eigenvalue weighted by Crippen LogP contribution is -2.31. The number of nitrogens with zero attached hydrogens (tertiary/aromatic N) is 2. The molecule has 2 aromatic rings. The largest absolute Gasteiger partial charge is 0.493 e. The fraction of sp³-hybridized carbons (Fsp3) is 0.400. The summed E-state index contributed by atoms with van der Waals surface area (Å²) in [6, 6.07) is 7.76. The van der Waals surface area contributed by atoms with Crippen LogP contribution in [0.15, 0.2) is 30.5 Å². The Hall–Kier alpha value is -2.80. The van der Waals surface area contributed by atoms with Crippen LogP contribution in [0.3, 0.4) is 0 Å². The third kappa shape index (κ3) is 4.31. The van der Waals surface area contributed by atoms with E-state index in [1.165, 1.54) is 11.1 Å². The average molecular weight is 371 g/mol. The van der Waals surface area contributed by atoms with E-state index < -0.39 is 0 Å². The van der Waals surface area contributed by atoms with Crippen molar-refractivity contribution >= 4 is 11.7 Å². The highest BCUT2D eigenvalue weighted by Crippen LogP contribution is 2.34. The molecule has 7 heteroatoms. The van der Waals surface area contributed by atoms with Gasteiger partial charge in [0.1, 0.15) is 5.82 Å². The number of benzene rings is 1. The summed E-state index contributed by atoms with van der Waals surface area (Å²) in [4.78, 5) is 18.7. The van der Waals surface area contributed by atoms with E-state index in [2.05, 4.69) is 15.2 Å². The van der Waals surface area contributed by atoms with Gasteiger partial charge in [0.05, 0.1) is 26.4 Å². The lowest BCUT2D eigenvalue weighted by atomic mass is 9.98. The second-order valence-corrected chi connectivity index (χ2v) is 6.30. The molecule has 0 radical (unpaired) electrons. The first kappa shape index (κ1) is 19.0. The third-order valence-electron chi connectivity index (χ3n) is 4.64. The molecule has 1 amide bonds. The number of rotatable bonds is 7. The Labute approximate surface area is 159 Å². The normalized spacial score (nSPS) is 13.1. The molecule has 0 bridgehead atoms. The van der Waals surface area contributed by atoms with Crippen molar-refractivity contribution in [2.75, 3.05) is 45.9 Å². The summed E-state index contributed by atoms with van der Waals surface area (Å²) in [5, 5.41) is 2.79. The molecule has 0 atom stereocenters. The van der Waals surface area contributed by atoms with Crippen molar-refractivity contribution in [3.05, 3.63) is 47.2 Å². The van der Waals surface area contributed by atoms with Crippen LogP contribution >= 0.6 is 0 Å². The van der Waals surface area contributed by atoms with E-state index >= 15 is 0 Å². The van der Waals surface area contributed by atoms with Gasteiger partial charge in [0.2, 0.25) is 0 Å². The summed E-state index contributed by atoms with van der Waals surface area (Å²) < 4.78 is 15.7. The maximum atomic E-state index is 12.1. The number of aromatic nitrogens is 1. The summed E-state index contributed by atoms with van der Waals surface area (Å²) in [6.07, 6.45) is 2.51. The van der Waals surface area contributed by atoms with Gasteiger partial charge in [0.15, 0.2) is 11.5 Å². The monoisotopic (exact) mass is 371 g/mol. The fourth-order valence-electron chi connectivity index (χ4n) is 3.15. The number of fused-ring (bicyclic) bond motifs is 1. The molecule has 1 N–H and O–H groups in total. The van der Waals surface area contributed by atoms with E-state index in [0.29, 0.717) is 18.7 Å². The molecule has 0 spiro atoms. The van der Waals surface area contributed by atoms with Gasteiger partial charge in [-0.25, -0.2) is 4.98 Å². The summed E-state index contributed by atoms with van der Waals surface area (Å²) in [5.74, 6) is 2.19. The zero-order valence-corrected chi connectivity index (χ0v) is 15.9. The first-order chi connectivity index (χ1) is 13.2. The van der Waals surface area contributed by atoms with E-state index in [-0.39, 0.29) is 5.91 Å². The molecule has 1 aromatic heterocycles. The number of hydrogen-bond donors (Lipinski definition) is 1. The Kier molecular flexibility index (Phi) is 6.13. The van der Waals surface area contributed by atoms with Crippen LogP contribution in [0.5, 0.6) is 11.5 Å². The van der Waals surface area contributed by atoms with E-state index in [4.69, 9.17) is 14.2 Å². The lowest BCUT2D eigenvalue weighted by Gasteiger charge is -2.30. The Balaban J connectivity index is 1.70. The van der Waals surface area contributed by atoms with Crippen LogP contribution in [0.1, 0.15) is 21.5 Å². The lowest BCUT2D eigenvalue weighted by molar-refractivity contribution is 0.0937. The van der Waals surface area contributed by atoms with Crippen molar-refractivity contribution in [2.45, 2.75) is 13.0 Å². The standard InChI is InChI=1S/C20H25N3O4/c1-25-9-7-21-20(24)15-4-5-19(22-12-15)23-8-6-14-10-17(26-2)18(27-3)11-16(14)13-23/h4-5,10-12H,6-9,13H2,1-3H3,(H,21,24). The van der Waals surface area contributed by atoms with E-state index in [1.807, 2.05) is 18.2 Å². The summed E-state index contributed by atoms with van der Waals surface area (Å²) in [6.45, 7) is 2.56. The van der Waals surface area contributed by atoms with Crippen LogP contribution in [0.25, 0.3) is 0 Å². The molecule has 0 unspecified atom stereocenters. The molecule has 0 saturated heterocycles. The quantitative estimate of drug-likeness (QED) is 0.751. The Morgan fingerprint density at radius 2 is 1.89 bits per heavy atom. The zero-order chi connectivity index (χ0) is 19.2. The van der Waals surface area contributed by atoms with Gasteiger partial charge in [-0.3, -0.25) is 4.79 Å². The number of methoxy groups -OCH3 is 3. The SMILES string of the molecule is COCCNC(=O)c1ccc(N2CCc3cc(OC)c(OC)cc3C2)nc1. The van der Waals surface area contributed by atoms with Crippen LogP contribution in [0.2, 0.25) is 0 Å². The minimum atomic E-state index is -0.146. The van der Waals surface area contributed by atoms with E-state index in [0.717, 1.165) is 36.8 Å². The number of ether oxygens (including phenoxy) is 3. The van der Waals surface area contributed by atoms with Crippen molar-refractivity contribution in [3.8, 4) is 11.5 Å². The van der Waals surface area contributed by atoms with Gasteiger partial charge >= 0.3 is 0 Å². The number of carbonyl (C=O) groups excluding carboxylic acids is 1. The average Bonchev–Trinajstić information content (AvgIpc) is 2.72. The molecule has 0 fully saturated rings. The minimum Gasteiger partial charge on any atom is -0.493 e.